The van der Waals surface area contributed by atoms with Crippen molar-refractivity contribution in [1.29, 1.82) is 0 Å². The molecule has 0 atom stereocenters. The minimum atomic E-state index is 0. The molecule has 85 valence electrons. The van der Waals surface area contributed by atoms with Gasteiger partial charge in [0, 0.05) is 16.8 Å². The maximum atomic E-state index is 7.75. The normalized spacial score (nSPS) is 10.4. The third-order valence-electron chi connectivity index (χ3n) is 0.901. The van der Waals surface area contributed by atoms with Gasteiger partial charge < -0.3 is 29.9 Å². The molecule has 14 heavy (non-hydrogen) atoms. The predicted octanol–water partition coefficient (Wildman–Crippen LogP) is 0.226. The van der Waals surface area contributed by atoms with Gasteiger partial charge in [-0.1, -0.05) is 0 Å². The zero-order valence-electron chi connectivity index (χ0n) is 7.79. The molecule has 0 unspecified atom stereocenters. The van der Waals surface area contributed by atoms with Crippen LogP contribution in [0.3, 0.4) is 0 Å². The van der Waals surface area contributed by atoms with Gasteiger partial charge in [-0.3, -0.25) is 13.6 Å². The van der Waals surface area contributed by atoms with E-state index in [1.807, 2.05) is 43.0 Å². The molecule has 0 fully saturated rings. The van der Waals surface area contributed by atoms with Gasteiger partial charge in [-0.05, 0) is 26.5 Å². The molecule has 0 N–H and O–H groups in total. The van der Waals surface area contributed by atoms with Gasteiger partial charge in [0.1, 0.15) is 0 Å². The minimum absolute atomic E-state index is 0. The largest absolute Gasteiger partial charge is 0.577 e. The third-order valence-corrected chi connectivity index (χ3v) is 0.901. The topological polar surface area (TPSA) is 80.0 Å². The molecule has 0 aromatic rings. The fraction of sp³-hybridized carbons (Fsp3) is 0.286. The van der Waals surface area contributed by atoms with Crippen molar-refractivity contribution in [2.45, 2.75) is 0 Å². The first-order chi connectivity index (χ1) is 6.29. The number of nitrogens with zero attached hydrogens (tertiary/aromatic N) is 3. The Morgan fingerprint density at radius 3 is 1.29 bits per heavy atom. The number of nitroso groups, excluding NO2 is 1. The van der Waals surface area contributed by atoms with Crippen molar-refractivity contribution in [2.75, 3.05) is 14.1 Å². The van der Waals surface area contributed by atoms with E-state index in [-0.39, 0.29) is 16.8 Å². The fourth-order valence-electron chi connectivity index (χ4n) is 0.575. The van der Waals surface area contributed by atoms with Gasteiger partial charge in [0.2, 0.25) is 0 Å². The summed E-state index contributed by atoms with van der Waals surface area (Å²) in [6.45, 7) is 8.50. The zero-order valence-corrected chi connectivity index (χ0v) is 8.83. The smallest absolute Gasteiger partial charge is 0 e. The fourth-order valence-corrected chi connectivity index (χ4v) is 0.575. The molecule has 1 radical (unpaired) electrons. The molecular formula is C7H11CoN3O3-4. The quantitative estimate of drug-likeness (QED) is 0.450. The molecule has 1 aliphatic heterocycles. The van der Waals surface area contributed by atoms with Crippen LogP contribution in [0.1, 0.15) is 0 Å². The second-order valence-electron chi connectivity index (χ2n) is 1.74. The Balaban J connectivity index is -0.0000000625. The first-order valence-corrected chi connectivity index (χ1v) is 2.91. The van der Waals surface area contributed by atoms with Crippen molar-refractivity contribution in [3.63, 3.8) is 0 Å². The standard InChI is InChI=1S/C5H9N2.2CHO.Co.NO/c1-6-3-4-7(2)5-6;2*1-2;;1-2/h3-5H,1-2H3;2*1H;;/q3*-1;;-1. The van der Waals surface area contributed by atoms with Crippen LogP contribution >= 0.6 is 0 Å². The van der Waals surface area contributed by atoms with Crippen LogP contribution in [0.4, 0.5) is 0 Å². The molecule has 0 aromatic heterocycles. The van der Waals surface area contributed by atoms with E-state index < -0.39 is 0 Å². The van der Waals surface area contributed by atoms with Crippen LogP contribution in [0.15, 0.2) is 12.4 Å². The number of carbonyl (C=O) groups excluding carboxylic acids is 2. The van der Waals surface area contributed by atoms with Crippen molar-refractivity contribution in [2.24, 2.45) is 0 Å². The van der Waals surface area contributed by atoms with E-state index in [2.05, 4.69) is 13.6 Å². The summed E-state index contributed by atoms with van der Waals surface area (Å²) < 4.78 is 0. The number of hydrogen-bond donors (Lipinski definition) is 0. The molecule has 7 heteroatoms. The molecule has 1 rings (SSSR count). The summed E-state index contributed by atoms with van der Waals surface area (Å²) in [5.74, 6) is 0. The second-order valence-corrected chi connectivity index (χ2v) is 1.74. The van der Waals surface area contributed by atoms with Crippen LogP contribution in [0.2, 0.25) is 0 Å². The van der Waals surface area contributed by atoms with E-state index in [0.717, 1.165) is 0 Å². The van der Waals surface area contributed by atoms with Crippen molar-refractivity contribution in [1.82, 2.24) is 9.80 Å². The average Bonchev–Trinajstić information content (AvgIpc) is 2.60. The first kappa shape index (κ1) is 23.0. The van der Waals surface area contributed by atoms with Gasteiger partial charge in [0.15, 0.2) is 0 Å². The summed E-state index contributed by atoms with van der Waals surface area (Å²) in [6.07, 6.45) is 4.00. The molecule has 0 spiro atoms. The Morgan fingerprint density at radius 1 is 1.00 bits per heavy atom. The van der Waals surface area contributed by atoms with Crippen molar-refractivity contribution >= 4 is 13.6 Å². The van der Waals surface area contributed by atoms with Crippen molar-refractivity contribution in [3.05, 3.63) is 29.6 Å². The molecule has 1 heterocycles. The Bertz CT molecular complexity index is 123. The van der Waals surface area contributed by atoms with Crippen LogP contribution in [0, 0.1) is 11.6 Å². The predicted molar refractivity (Wildman–Crippen MR) is 49.2 cm³/mol. The van der Waals surface area contributed by atoms with E-state index >= 15 is 0 Å². The molecule has 1 aliphatic rings. The zero-order chi connectivity index (χ0) is 11.3. The summed E-state index contributed by atoms with van der Waals surface area (Å²) >= 11 is 0. The van der Waals surface area contributed by atoms with E-state index in [4.69, 9.17) is 20.1 Å². The maximum absolute atomic E-state index is 7.75. The van der Waals surface area contributed by atoms with E-state index in [1.54, 1.807) is 0 Å². The first-order valence-electron chi connectivity index (χ1n) is 2.91. The molecule has 0 aliphatic carbocycles. The van der Waals surface area contributed by atoms with Crippen LogP contribution in [0.25, 0.3) is 5.59 Å². The van der Waals surface area contributed by atoms with Crippen LogP contribution in [-0.4, -0.2) is 37.5 Å². The van der Waals surface area contributed by atoms with Crippen molar-refractivity contribution < 1.29 is 26.4 Å². The number of rotatable bonds is 0. The molecule has 6 nitrogen and oxygen atoms in total. The van der Waals surface area contributed by atoms with Gasteiger partial charge in [-0.25, -0.2) is 0 Å². The molecule has 0 saturated carbocycles. The summed E-state index contributed by atoms with van der Waals surface area (Å²) in [5.41, 5.74) is 5.75. The van der Waals surface area contributed by atoms with E-state index in [0.29, 0.717) is 0 Å². The van der Waals surface area contributed by atoms with Crippen LogP contribution in [-0.2, 0) is 26.4 Å². The van der Waals surface area contributed by atoms with Crippen molar-refractivity contribution in [3.8, 4) is 0 Å². The summed E-state index contributed by atoms with van der Waals surface area (Å²) in [4.78, 5) is 26.8. The Kier molecular flexibility index (Phi) is 37.2. The minimum Gasteiger partial charge on any atom is -0.577 e. The van der Waals surface area contributed by atoms with E-state index in [1.165, 1.54) is 0 Å². The average molecular weight is 244 g/mol. The Labute approximate surface area is 93.9 Å². The van der Waals surface area contributed by atoms with Gasteiger partial charge in [-0.2, -0.15) is 6.67 Å². The van der Waals surface area contributed by atoms with Gasteiger partial charge >= 0.3 is 0 Å². The maximum Gasteiger partial charge on any atom is 0 e. The van der Waals surface area contributed by atoms with Crippen LogP contribution in [0.5, 0.6) is 0 Å². The van der Waals surface area contributed by atoms with E-state index in [9.17, 15) is 0 Å². The molecule has 0 saturated heterocycles. The molecular weight excluding hydrogens is 233 g/mol. The van der Waals surface area contributed by atoms with Gasteiger partial charge in [0.25, 0.3) is 0 Å². The summed E-state index contributed by atoms with van der Waals surface area (Å²) in [7, 11) is 4.00. The summed E-state index contributed by atoms with van der Waals surface area (Å²) in [5, 5.41) is 0. The summed E-state index contributed by atoms with van der Waals surface area (Å²) in [6, 6.07) is 0. The van der Waals surface area contributed by atoms with Crippen LogP contribution < -0.4 is 0 Å². The number of hydrogen-bond acceptors (Lipinski definition) is 5. The SMILES string of the molecule is CN1C=CN(C)[CH-]1.[CH-]=O.[CH-]=O.[Co].[N-]=O. The molecule has 0 bridgehead atoms. The Morgan fingerprint density at radius 2 is 1.21 bits per heavy atom. The Hall–Kier alpha value is -1.21. The molecule has 0 aromatic carbocycles. The molecule has 0 amide bonds. The van der Waals surface area contributed by atoms with Gasteiger partial charge in [0.05, 0.1) is 0 Å². The second kappa shape index (κ2) is 22.6. The van der Waals surface area contributed by atoms with Gasteiger partial charge in [-0.15, -0.1) is 0 Å². The monoisotopic (exact) mass is 244 g/mol. The third kappa shape index (κ3) is 17.0.